The maximum absolute atomic E-state index is 13.7. The lowest BCUT2D eigenvalue weighted by Crippen LogP contribution is -2.37. The first-order valence-corrected chi connectivity index (χ1v) is 12.3. The van der Waals surface area contributed by atoms with Crippen molar-refractivity contribution in [2.45, 2.75) is 6.92 Å². The van der Waals surface area contributed by atoms with E-state index in [2.05, 4.69) is 0 Å². The summed E-state index contributed by atoms with van der Waals surface area (Å²) in [5, 5.41) is 12.4. The molecule has 11 heteroatoms. The van der Waals surface area contributed by atoms with Crippen LogP contribution in [0.4, 0.5) is 16.5 Å². The van der Waals surface area contributed by atoms with Crippen molar-refractivity contribution in [1.82, 2.24) is 9.88 Å². The monoisotopic (exact) mass is 499 g/mol. The lowest BCUT2D eigenvalue weighted by atomic mass is 10.1. The van der Waals surface area contributed by atoms with Gasteiger partial charge in [-0.05, 0) is 45.3 Å². The van der Waals surface area contributed by atoms with Gasteiger partial charge in [0.1, 0.15) is 17.0 Å². The van der Waals surface area contributed by atoms with Gasteiger partial charge in [-0.2, -0.15) is 0 Å². The number of amides is 1. The molecule has 1 aromatic heterocycles. The van der Waals surface area contributed by atoms with Crippen molar-refractivity contribution in [2.24, 2.45) is 0 Å². The third-order valence-electron chi connectivity index (χ3n) is 5.69. The Balaban J connectivity index is 1.71. The van der Waals surface area contributed by atoms with Crippen LogP contribution in [0.3, 0.4) is 0 Å². The summed E-state index contributed by atoms with van der Waals surface area (Å²) in [5.74, 6) is 0.332. The maximum Gasteiger partial charge on any atom is 0.293 e. The number of anilines is 2. The van der Waals surface area contributed by atoms with E-state index >= 15 is 0 Å². The molecule has 1 fully saturated rings. The fraction of sp³-hybridized carbons (Fsp3) is 0.417. The molecule has 2 aromatic carbocycles. The predicted octanol–water partition coefficient (Wildman–Crippen LogP) is 3.65. The van der Waals surface area contributed by atoms with Crippen LogP contribution in [-0.4, -0.2) is 80.8 Å². The standard InChI is InChI=1S/C24H29N5O5S/c1-4-34-20-6-5-7-21-22(20)25-24(35-21)28(11-10-26(2)3)23(30)17-8-9-18(19(16-17)29(31)32)27-12-14-33-15-13-27/h5-9,16H,4,10-15H2,1-3H3. The number of ether oxygens (including phenoxy) is 2. The fourth-order valence-corrected chi connectivity index (χ4v) is 4.92. The van der Waals surface area contributed by atoms with E-state index in [0.29, 0.717) is 68.1 Å². The maximum atomic E-state index is 13.7. The highest BCUT2D eigenvalue weighted by atomic mass is 32.1. The van der Waals surface area contributed by atoms with Crippen molar-refractivity contribution in [3.8, 4) is 5.75 Å². The summed E-state index contributed by atoms with van der Waals surface area (Å²) < 4.78 is 12.0. The van der Waals surface area contributed by atoms with Crippen molar-refractivity contribution in [2.75, 3.05) is 69.9 Å². The van der Waals surface area contributed by atoms with Gasteiger partial charge in [0.2, 0.25) is 0 Å². The highest BCUT2D eigenvalue weighted by Gasteiger charge is 2.27. The number of thiazole rings is 1. The Morgan fingerprint density at radius 2 is 2.00 bits per heavy atom. The highest BCUT2D eigenvalue weighted by Crippen LogP contribution is 2.36. The number of aromatic nitrogens is 1. The second-order valence-corrected chi connectivity index (χ2v) is 9.36. The number of nitro groups is 1. The molecule has 10 nitrogen and oxygen atoms in total. The minimum atomic E-state index is -0.433. The largest absolute Gasteiger partial charge is 0.492 e. The lowest BCUT2D eigenvalue weighted by molar-refractivity contribution is -0.384. The average molecular weight is 500 g/mol. The van der Waals surface area contributed by atoms with Crippen molar-refractivity contribution in [3.63, 3.8) is 0 Å². The normalized spacial score (nSPS) is 13.9. The Morgan fingerprint density at radius 3 is 2.69 bits per heavy atom. The van der Waals surface area contributed by atoms with Crippen LogP contribution in [0.25, 0.3) is 10.2 Å². The van der Waals surface area contributed by atoms with E-state index in [-0.39, 0.29) is 17.2 Å². The molecule has 1 amide bonds. The van der Waals surface area contributed by atoms with Crippen molar-refractivity contribution in [3.05, 3.63) is 52.1 Å². The SMILES string of the molecule is CCOc1cccc2sc(N(CCN(C)C)C(=O)c3ccc(N4CCOCC4)c([N+](=O)[O-])c3)nc12. The first kappa shape index (κ1) is 24.8. The summed E-state index contributed by atoms with van der Waals surface area (Å²) in [6.07, 6.45) is 0. The molecule has 0 saturated carbocycles. The van der Waals surface area contributed by atoms with Gasteiger partial charge in [-0.15, -0.1) is 0 Å². The minimum Gasteiger partial charge on any atom is -0.492 e. The van der Waals surface area contributed by atoms with E-state index in [0.717, 1.165) is 4.70 Å². The summed E-state index contributed by atoms with van der Waals surface area (Å²) in [6, 6.07) is 10.4. The van der Waals surface area contributed by atoms with Crippen LogP contribution in [0.1, 0.15) is 17.3 Å². The van der Waals surface area contributed by atoms with Crippen LogP contribution in [0, 0.1) is 10.1 Å². The van der Waals surface area contributed by atoms with Crippen LogP contribution >= 0.6 is 11.3 Å². The van der Waals surface area contributed by atoms with Crippen LogP contribution < -0.4 is 14.5 Å². The minimum absolute atomic E-state index is 0.0896. The smallest absolute Gasteiger partial charge is 0.293 e. The molecule has 0 radical (unpaired) electrons. The van der Waals surface area contributed by atoms with Crippen molar-refractivity contribution < 1.29 is 19.2 Å². The van der Waals surface area contributed by atoms with E-state index in [4.69, 9.17) is 14.5 Å². The van der Waals surface area contributed by atoms with Crippen LogP contribution in [0.5, 0.6) is 5.75 Å². The molecule has 0 spiro atoms. The lowest BCUT2D eigenvalue weighted by Gasteiger charge is -2.28. The zero-order valence-electron chi connectivity index (χ0n) is 20.1. The number of hydrogen-bond acceptors (Lipinski definition) is 9. The van der Waals surface area contributed by atoms with E-state index in [9.17, 15) is 14.9 Å². The van der Waals surface area contributed by atoms with Gasteiger partial charge in [0, 0.05) is 37.8 Å². The average Bonchev–Trinajstić information content (AvgIpc) is 3.29. The van der Waals surface area contributed by atoms with Crippen LogP contribution in [0.2, 0.25) is 0 Å². The molecular formula is C24H29N5O5S. The van der Waals surface area contributed by atoms with E-state index in [1.807, 2.05) is 49.0 Å². The second-order valence-electron chi connectivity index (χ2n) is 8.35. The zero-order chi connectivity index (χ0) is 24.9. The van der Waals surface area contributed by atoms with E-state index < -0.39 is 4.92 Å². The van der Waals surface area contributed by atoms with Gasteiger partial charge >= 0.3 is 0 Å². The number of fused-ring (bicyclic) bond motifs is 1. The Hall–Kier alpha value is -3.28. The zero-order valence-corrected chi connectivity index (χ0v) is 20.9. The second kappa shape index (κ2) is 11.0. The van der Waals surface area contributed by atoms with Crippen LogP contribution in [-0.2, 0) is 4.74 Å². The molecule has 0 aliphatic carbocycles. The quantitative estimate of drug-likeness (QED) is 0.325. The van der Waals surface area contributed by atoms with Gasteiger partial charge in [-0.25, -0.2) is 4.98 Å². The van der Waals surface area contributed by atoms with Gasteiger partial charge in [-0.1, -0.05) is 17.4 Å². The summed E-state index contributed by atoms with van der Waals surface area (Å²) in [7, 11) is 3.85. The van der Waals surface area contributed by atoms with Gasteiger partial charge in [0.15, 0.2) is 5.13 Å². The number of morpholine rings is 1. The molecular weight excluding hydrogens is 470 g/mol. The van der Waals surface area contributed by atoms with Gasteiger partial charge in [-0.3, -0.25) is 19.8 Å². The van der Waals surface area contributed by atoms with Crippen molar-refractivity contribution in [1.29, 1.82) is 0 Å². The topological polar surface area (TPSA) is 101 Å². The number of carbonyl (C=O) groups excluding carboxylic acids is 1. The van der Waals surface area contributed by atoms with E-state index in [1.54, 1.807) is 17.0 Å². The Labute approximate surface area is 207 Å². The van der Waals surface area contributed by atoms with Gasteiger partial charge in [0.05, 0.1) is 29.4 Å². The molecule has 186 valence electrons. The number of nitro benzene ring substituents is 1. The number of rotatable bonds is 9. The molecule has 3 aromatic rings. The van der Waals surface area contributed by atoms with E-state index in [1.165, 1.54) is 17.4 Å². The first-order valence-electron chi connectivity index (χ1n) is 11.5. The molecule has 0 atom stereocenters. The van der Waals surface area contributed by atoms with Crippen LogP contribution in [0.15, 0.2) is 36.4 Å². The molecule has 0 N–H and O–H groups in total. The third kappa shape index (κ3) is 5.53. The molecule has 35 heavy (non-hydrogen) atoms. The fourth-order valence-electron chi connectivity index (χ4n) is 3.91. The molecule has 4 rings (SSSR count). The predicted molar refractivity (Wildman–Crippen MR) is 137 cm³/mol. The number of nitrogens with zero attached hydrogens (tertiary/aromatic N) is 5. The molecule has 1 aliphatic rings. The highest BCUT2D eigenvalue weighted by molar-refractivity contribution is 7.22. The third-order valence-corrected chi connectivity index (χ3v) is 6.73. The van der Waals surface area contributed by atoms with Crippen molar-refractivity contribution >= 4 is 44.0 Å². The first-order chi connectivity index (χ1) is 16.9. The number of benzene rings is 2. The molecule has 0 bridgehead atoms. The molecule has 1 saturated heterocycles. The Bertz CT molecular complexity index is 1210. The molecule has 1 aliphatic heterocycles. The Morgan fingerprint density at radius 1 is 1.23 bits per heavy atom. The number of likely N-dealkylation sites (N-methyl/N-ethyl adjacent to an activating group) is 1. The number of carbonyl (C=O) groups is 1. The van der Waals surface area contributed by atoms with Gasteiger partial charge in [0.25, 0.3) is 11.6 Å². The summed E-state index contributed by atoms with van der Waals surface area (Å²) in [6.45, 7) is 5.56. The summed E-state index contributed by atoms with van der Waals surface area (Å²) in [5.41, 5.74) is 1.35. The Kier molecular flexibility index (Phi) is 7.79. The number of hydrogen-bond donors (Lipinski definition) is 0. The molecule has 2 heterocycles. The summed E-state index contributed by atoms with van der Waals surface area (Å²) >= 11 is 1.40. The molecule has 0 unspecified atom stereocenters. The number of para-hydroxylation sites is 1. The summed E-state index contributed by atoms with van der Waals surface area (Å²) in [4.78, 5) is 35.4. The van der Waals surface area contributed by atoms with Gasteiger partial charge < -0.3 is 19.3 Å².